The summed E-state index contributed by atoms with van der Waals surface area (Å²) in [6.45, 7) is 4.56. The summed E-state index contributed by atoms with van der Waals surface area (Å²) in [5.41, 5.74) is 0. The standard InChI is InChI=1S/C10H15N/c1-6-3-8-4-9(6)10(5-11)7(8)2/h6-10H,3-4H2,1-2H3/t6-,7-,8+,9+,10-/m1/s1. The average Bonchev–Trinajstić information content (AvgIpc) is 2.45. The van der Waals surface area contributed by atoms with Crippen molar-refractivity contribution in [3.63, 3.8) is 0 Å². The minimum Gasteiger partial charge on any atom is -0.198 e. The number of nitrogens with zero attached hydrogens (tertiary/aromatic N) is 1. The number of hydrogen-bond acceptors (Lipinski definition) is 1. The molecule has 0 saturated heterocycles. The summed E-state index contributed by atoms with van der Waals surface area (Å²) in [5, 5.41) is 8.93. The van der Waals surface area contributed by atoms with E-state index in [9.17, 15) is 0 Å². The van der Waals surface area contributed by atoms with Crippen LogP contribution in [-0.2, 0) is 0 Å². The quantitative estimate of drug-likeness (QED) is 0.519. The van der Waals surface area contributed by atoms with Crippen molar-refractivity contribution in [2.75, 3.05) is 0 Å². The fourth-order valence-electron chi connectivity index (χ4n) is 3.16. The molecule has 2 aliphatic rings. The van der Waals surface area contributed by atoms with Gasteiger partial charge in [0.1, 0.15) is 0 Å². The van der Waals surface area contributed by atoms with E-state index >= 15 is 0 Å². The highest BCUT2D eigenvalue weighted by molar-refractivity contribution is 5.05. The van der Waals surface area contributed by atoms with Crippen molar-refractivity contribution < 1.29 is 0 Å². The molecule has 0 aromatic carbocycles. The largest absolute Gasteiger partial charge is 0.198 e. The normalized spacial score (nSPS) is 54.5. The maximum absolute atomic E-state index is 8.93. The molecule has 11 heavy (non-hydrogen) atoms. The van der Waals surface area contributed by atoms with Gasteiger partial charge in [-0.2, -0.15) is 5.26 Å². The van der Waals surface area contributed by atoms with Crippen molar-refractivity contribution in [2.24, 2.45) is 29.6 Å². The monoisotopic (exact) mass is 149 g/mol. The van der Waals surface area contributed by atoms with Crippen LogP contribution in [0.2, 0.25) is 0 Å². The van der Waals surface area contributed by atoms with Crippen LogP contribution in [0.25, 0.3) is 0 Å². The van der Waals surface area contributed by atoms with E-state index in [1.807, 2.05) is 0 Å². The molecule has 0 spiro atoms. The van der Waals surface area contributed by atoms with Gasteiger partial charge in [0.25, 0.3) is 0 Å². The minimum atomic E-state index is 0.378. The molecule has 0 N–H and O–H groups in total. The molecule has 0 aromatic rings. The van der Waals surface area contributed by atoms with E-state index in [0.717, 1.165) is 17.8 Å². The van der Waals surface area contributed by atoms with Crippen LogP contribution >= 0.6 is 0 Å². The Bertz CT molecular complexity index is 203. The molecule has 60 valence electrons. The van der Waals surface area contributed by atoms with E-state index < -0.39 is 0 Å². The number of nitriles is 1. The van der Waals surface area contributed by atoms with Crippen LogP contribution in [0.1, 0.15) is 26.7 Å². The lowest BCUT2D eigenvalue weighted by atomic mass is 9.76. The van der Waals surface area contributed by atoms with Crippen molar-refractivity contribution in [1.82, 2.24) is 0 Å². The molecule has 5 atom stereocenters. The first-order valence-electron chi connectivity index (χ1n) is 4.63. The molecule has 0 heterocycles. The molecule has 1 heteroatoms. The third kappa shape index (κ3) is 0.819. The van der Waals surface area contributed by atoms with Gasteiger partial charge in [0.05, 0.1) is 12.0 Å². The van der Waals surface area contributed by atoms with Gasteiger partial charge in [-0.1, -0.05) is 13.8 Å². The zero-order valence-corrected chi connectivity index (χ0v) is 7.25. The van der Waals surface area contributed by atoms with Crippen LogP contribution in [0.5, 0.6) is 0 Å². The van der Waals surface area contributed by atoms with E-state index in [-0.39, 0.29) is 0 Å². The Balaban J connectivity index is 2.21. The topological polar surface area (TPSA) is 23.8 Å². The van der Waals surface area contributed by atoms with Gasteiger partial charge in [-0.15, -0.1) is 0 Å². The first kappa shape index (κ1) is 7.16. The molecule has 0 aromatic heterocycles. The fraction of sp³-hybridized carbons (Fsp3) is 0.900. The van der Waals surface area contributed by atoms with E-state index in [0.29, 0.717) is 11.8 Å². The van der Waals surface area contributed by atoms with Gasteiger partial charge in [0, 0.05) is 0 Å². The first-order chi connectivity index (χ1) is 5.24. The van der Waals surface area contributed by atoms with E-state index in [4.69, 9.17) is 5.26 Å². The molecule has 0 unspecified atom stereocenters. The number of rotatable bonds is 0. The fourth-order valence-corrected chi connectivity index (χ4v) is 3.16. The highest BCUT2D eigenvalue weighted by atomic mass is 14.5. The van der Waals surface area contributed by atoms with Crippen LogP contribution in [0.4, 0.5) is 0 Å². The molecule has 1 nitrogen and oxygen atoms in total. The maximum Gasteiger partial charge on any atom is 0.0661 e. The lowest BCUT2D eigenvalue weighted by Crippen LogP contribution is -2.23. The van der Waals surface area contributed by atoms with Gasteiger partial charge < -0.3 is 0 Å². The van der Waals surface area contributed by atoms with Crippen LogP contribution < -0.4 is 0 Å². The molecule has 2 bridgehead atoms. The molecular formula is C10H15N. The smallest absolute Gasteiger partial charge is 0.0661 e. The Morgan fingerprint density at radius 1 is 1.27 bits per heavy atom. The van der Waals surface area contributed by atoms with Crippen molar-refractivity contribution in [3.8, 4) is 6.07 Å². The van der Waals surface area contributed by atoms with Gasteiger partial charge >= 0.3 is 0 Å². The highest BCUT2D eigenvalue weighted by Crippen LogP contribution is 2.54. The van der Waals surface area contributed by atoms with Crippen LogP contribution in [0, 0.1) is 40.9 Å². The van der Waals surface area contributed by atoms with Gasteiger partial charge in [0.15, 0.2) is 0 Å². The molecule has 2 aliphatic carbocycles. The predicted molar refractivity (Wildman–Crippen MR) is 43.6 cm³/mol. The summed E-state index contributed by atoms with van der Waals surface area (Å²) in [6, 6.07) is 2.48. The Hall–Kier alpha value is -0.510. The van der Waals surface area contributed by atoms with E-state index in [2.05, 4.69) is 19.9 Å². The third-order valence-corrected chi connectivity index (χ3v) is 3.90. The number of fused-ring (bicyclic) bond motifs is 2. The molecule has 2 rings (SSSR count). The van der Waals surface area contributed by atoms with Gasteiger partial charge in [-0.25, -0.2) is 0 Å². The lowest BCUT2D eigenvalue weighted by molar-refractivity contribution is 0.231. The SMILES string of the molecule is C[C@@H]1[C@@H]2C[C@H]([C@@H]1C#N)[C@H](C)C2. The summed E-state index contributed by atoms with van der Waals surface area (Å²) in [4.78, 5) is 0. The van der Waals surface area contributed by atoms with Crippen molar-refractivity contribution in [3.05, 3.63) is 0 Å². The summed E-state index contributed by atoms with van der Waals surface area (Å²) in [5.74, 6) is 3.49. The summed E-state index contributed by atoms with van der Waals surface area (Å²) in [7, 11) is 0. The van der Waals surface area contributed by atoms with Crippen molar-refractivity contribution >= 4 is 0 Å². The van der Waals surface area contributed by atoms with Crippen molar-refractivity contribution in [1.29, 1.82) is 5.26 Å². The van der Waals surface area contributed by atoms with E-state index in [1.165, 1.54) is 12.8 Å². The zero-order chi connectivity index (χ0) is 8.01. The Morgan fingerprint density at radius 2 is 2.00 bits per heavy atom. The lowest BCUT2D eigenvalue weighted by Gasteiger charge is -2.27. The van der Waals surface area contributed by atoms with Gasteiger partial charge in [0.2, 0.25) is 0 Å². The second kappa shape index (κ2) is 2.24. The Morgan fingerprint density at radius 3 is 2.45 bits per heavy atom. The minimum absolute atomic E-state index is 0.378. The van der Waals surface area contributed by atoms with Crippen LogP contribution in [0.3, 0.4) is 0 Å². The second-order valence-corrected chi connectivity index (χ2v) is 4.39. The summed E-state index contributed by atoms with van der Waals surface area (Å²) < 4.78 is 0. The van der Waals surface area contributed by atoms with Crippen LogP contribution in [0.15, 0.2) is 0 Å². The molecule has 0 amide bonds. The second-order valence-electron chi connectivity index (χ2n) is 4.39. The highest BCUT2D eigenvalue weighted by Gasteiger charge is 2.48. The first-order valence-corrected chi connectivity index (χ1v) is 4.63. The Kier molecular flexibility index (Phi) is 1.45. The zero-order valence-electron chi connectivity index (χ0n) is 7.25. The Labute approximate surface area is 68.4 Å². The van der Waals surface area contributed by atoms with Crippen LogP contribution in [-0.4, -0.2) is 0 Å². The molecule has 0 aliphatic heterocycles. The maximum atomic E-state index is 8.93. The summed E-state index contributed by atoms with van der Waals surface area (Å²) in [6.07, 6.45) is 2.71. The molecule has 0 radical (unpaired) electrons. The average molecular weight is 149 g/mol. The summed E-state index contributed by atoms with van der Waals surface area (Å²) >= 11 is 0. The molecule has 2 fully saturated rings. The number of hydrogen-bond donors (Lipinski definition) is 0. The van der Waals surface area contributed by atoms with Crippen molar-refractivity contribution in [2.45, 2.75) is 26.7 Å². The van der Waals surface area contributed by atoms with Gasteiger partial charge in [-0.05, 0) is 36.5 Å². The molecular weight excluding hydrogens is 134 g/mol. The molecule has 2 saturated carbocycles. The third-order valence-electron chi connectivity index (χ3n) is 3.90. The van der Waals surface area contributed by atoms with Gasteiger partial charge in [-0.3, -0.25) is 0 Å². The predicted octanol–water partition coefficient (Wildman–Crippen LogP) is 2.44. The van der Waals surface area contributed by atoms with E-state index in [1.54, 1.807) is 0 Å².